The second kappa shape index (κ2) is 6.19. The number of halogens is 2. The summed E-state index contributed by atoms with van der Waals surface area (Å²) in [4.78, 5) is 13.8. The molecule has 0 spiro atoms. The van der Waals surface area contributed by atoms with E-state index < -0.39 is 37.2 Å². The van der Waals surface area contributed by atoms with Gasteiger partial charge in [-0.3, -0.25) is 4.79 Å². The molecule has 9 heteroatoms. The Morgan fingerprint density at radius 3 is 2.79 bits per heavy atom. The zero-order chi connectivity index (χ0) is 17.5. The van der Waals surface area contributed by atoms with Crippen LogP contribution in [0.3, 0.4) is 0 Å². The van der Waals surface area contributed by atoms with E-state index in [1.165, 1.54) is 11.2 Å². The van der Waals surface area contributed by atoms with Crippen molar-refractivity contribution in [3.05, 3.63) is 52.7 Å². The highest BCUT2D eigenvalue weighted by Gasteiger charge is 2.34. The van der Waals surface area contributed by atoms with Crippen LogP contribution in [0, 0.1) is 5.82 Å². The van der Waals surface area contributed by atoms with Gasteiger partial charge in [0.05, 0.1) is 27.8 Å². The first-order valence-corrected chi connectivity index (χ1v) is 9.07. The molecule has 1 aliphatic rings. The molecular weight excluding hydrogens is 359 g/mol. The van der Waals surface area contributed by atoms with Gasteiger partial charge in [0.2, 0.25) is 10.0 Å². The summed E-state index contributed by atoms with van der Waals surface area (Å²) in [6.07, 6.45) is 2.89. The van der Waals surface area contributed by atoms with E-state index in [1.54, 1.807) is 12.1 Å². The molecule has 2 N–H and O–H groups in total. The third-order valence-corrected chi connectivity index (χ3v) is 5.11. The van der Waals surface area contributed by atoms with Crippen molar-refractivity contribution in [2.75, 3.05) is 6.54 Å². The number of benzene rings is 1. The molecule has 0 bridgehead atoms. The molecule has 0 aliphatic carbocycles. The van der Waals surface area contributed by atoms with Crippen molar-refractivity contribution in [2.24, 2.45) is 5.14 Å². The van der Waals surface area contributed by atoms with Gasteiger partial charge in [0, 0.05) is 6.54 Å². The van der Waals surface area contributed by atoms with Gasteiger partial charge in [0.1, 0.15) is 5.76 Å². The predicted octanol–water partition coefficient (Wildman–Crippen LogP) is 2.70. The molecule has 1 unspecified atom stereocenters. The minimum atomic E-state index is -4.12. The lowest BCUT2D eigenvalue weighted by Crippen LogP contribution is -2.31. The molecule has 0 saturated carbocycles. The average Bonchev–Trinajstić information content (AvgIpc) is 3.18. The minimum absolute atomic E-state index is 0.330. The molecule has 2 heterocycles. The maximum Gasteiger partial charge on any atom is 0.257 e. The number of sulfonamides is 1. The van der Waals surface area contributed by atoms with Gasteiger partial charge in [-0.1, -0.05) is 11.6 Å². The van der Waals surface area contributed by atoms with Crippen molar-refractivity contribution in [3.63, 3.8) is 0 Å². The Bertz CT molecular complexity index is 883. The van der Waals surface area contributed by atoms with E-state index >= 15 is 0 Å². The lowest BCUT2D eigenvalue weighted by Gasteiger charge is -2.23. The van der Waals surface area contributed by atoms with Crippen molar-refractivity contribution in [1.29, 1.82) is 0 Å². The Labute approximate surface area is 143 Å². The number of furan rings is 1. The number of primary sulfonamides is 1. The summed E-state index contributed by atoms with van der Waals surface area (Å²) in [6, 6.07) is 4.91. The highest BCUT2D eigenvalue weighted by molar-refractivity contribution is 7.89. The number of carbonyl (C=O) groups is 1. The molecule has 1 atom stereocenters. The van der Waals surface area contributed by atoms with Crippen molar-refractivity contribution >= 4 is 27.5 Å². The van der Waals surface area contributed by atoms with Crippen molar-refractivity contribution in [3.8, 4) is 0 Å². The number of likely N-dealkylation sites (tertiary alicyclic amines) is 1. The largest absolute Gasteiger partial charge is 0.467 e. The fraction of sp³-hybridized carbons (Fsp3) is 0.267. The molecule has 6 nitrogen and oxygen atoms in total. The Kier molecular flexibility index (Phi) is 4.37. The van der Waals surface area contributed by atoms with Crippen LogP contribution in [-0.4, -0.2) is 25.8 Å². The second-order valence-corrected chi connectivity index (χ2v) is 7.45. The molecule has 3 rings (SSSR count). The molecule has 1 aromatic carbocycles. The van der Waals surface area contributed by atoms with Gasteiger partial charge in [0.25, 0.3) is 5.91 Å². The number of hydrogen-bond acceptors (Lipinski definition) is 4. The average molecular weight is 373 g/mol. The molecule has 1 amide bonds. The summed E-state index contributed by atoms with van der Waals surface area (Å²) >= 11 is 5.73. The number of rotatable bonds is 3. The lowest BCUT2D eigenvalue weighted by atomic mass is 10.1. The number of carbonyl (C=O) groups excluding carboxylic acids is 1. The maximum atomic E-state index is 14.3. The van der Waals surface area contributed by atoms with Crippen LogP contribution >= 0.6 is 11.6 Å². The smallest absolute Gasteiger partial charge is 0.257 e. The molecule has 1 saturated heterocycles. The lowest BCUT2D eigenvalue weighted by molar-refractivity contribution is 0.0715. The molecule has 24 heavy (non-hydrogen) atoms. The Hall–Kier alpha value is -1.90. The quantitative estimate of drug-likeness (QED) is 0.896. The summed E-state index contributed by atoms with van der Waals surface area (Å²) < 4.78 is 42.6. The first-order valence-electron chi connectivity index (χ1n) is 7.15. The van der Waals surface area contributed by atoms with Gasteiger partial charge in [-0.15, -0.1) is 0 Å². The first-order chi connectivity index (χ1) is 11.3. The van der Waals surface area contributed by atoms with E-state index in [1.807, 2.05) is 0 Å². The van der Waals surface area contributed by atoms with Crippen LogP contribution in [0.2, 0.25) is 5.02 Å². The van der Waals surface area contributed by atoms with Crippen molar-refractivity contribution in [1.82, 2.24) is 4.90 Å². The van der Waals surface area contributed by atoms with E-state index in [4.69, 9.17) is 21.2 Å². The van der Waals surface area contributed by atoms with Crippen LogP contribution in [0.4, 0.5) is 4.39 Å². The second-order valence-electron chi connectivity index (χ2n) is 5.48. The SMILES string of the molecule is NS(=O)(=O)c1cc(Cl)c(F)c(C(=O)N2CCCC2c2ccco2)c1. The van der Waals surface area contributed by atoms with Gasteiger partial charge >= 0.3 is 0 Å². The topological polar surface area (TPSA) is 93.6 Å². The zero-order valence-corrected chi connectivity index (χ0v) is 14.0. The monoisotopic (exact) mass is 372 g/mol. The maximum absolute atomic E-state index is 14.3. The van der Waals surface area contributed by atoms with Crippen molar-refractivity contribution < 1.29 is 22.0 Å². The number of hydrogen-bond donors (Lipinski definition) is 1. The fourth-order valence-corrected chi connectivity index (χ4v) is 3.67. The molecule has 1 fully saturated rings. The molecule has 128 valence electrons. The summed E-state index contributed by atoms with van der Waals surface area (Å²) in [5.41, 5.74) is -0.426. The van der Waals surface area contributed by atoms with Crippen LogP contribution in [-0.2, 0) is 10.0 Å². The van der Waals surface area contributed by atoms with Crippen LogP contribution in [0.25, 0.3) is 0 Å². The Balaban J connectivity index is 2.02. The van der Waals surface area contributed by atoms with Crippen LogP contribution in [0.15, 0.2) is 39.8 Å². The molecule has 0 radical (unpaired) electrons. The predicted molar refractivity (Wildman–Crippen MR) is 84.5 cm³/mol. The zero-order valence-electron chi connectivity index (χ0n) is 12.4. The van der Waals surface area contributed by atoms with Gasteiger partial charge in [0.15, 0.2) is 5.82 Å². The fourth-order valence-electron chi connectivity index (χ4n) is 2.83. The summed E-state index contributed by atoms with van der Waals surface area (Å²) in [5, 5.41) is 4.58. The standard InChI is InChI=1S/C15H14ClFN2O4S/c16-11-8-9(24(18,21)22)7-10(14(11)17)15(20)19-5-1-3-12(19)13-4-2-6-23-13/h2,4,6-8,12H,1,3,5H2,(H2,18,21,22). The summed E-state index contributed by atoms with van der Waals surface area (Å²) in [5.74, 6) is -1.03. The first kappa shape index (κ1) is 16.9. The summed E-state index contributed by atoms with van der Waals surface area (Å²) in [7, 11) is -4.12. The van der Waals surface area contributed by atoms with Crippen LogP contribution < -0.4 is 5.14 Å². The molecular formula is C15H14ClFN2O4S. The van der Waals surface area contributed by atoms with Gasteiger partial charge < -0.3 is 9.32 Å². The van der Waals surface area contributed by atoms with Crippen molar-refractivity contribution in [2.45, 2.75) is 23.8 Å². The Morgan fingerprint density at radius 1 is 1.42 bits per heavy atom. The number of nitrogens with zero attached hydrogens (tertiary/aromatic N) is 1. The van der Waals surface area contributed by atoms with Crippen LogP contribution in [0.5, 0.6) is 0 Å². The molecule has 1 aromatic heterocycles. The highest BCUT2D eigenvalue weighted by atomic mass is 35.5. The van der Waals surface area contributed by atoms with Gasteiger partial charge in [-0.25, -0.2) is 17.9 Å². The minimum Gasteiger partial charge on any atom is -0.467 e. The Morgan fingerprint density at radius 2 is 2.17 bits per heavy atom. The third kappa shape index (κ3) is 3.04. The third-order valence-electron chi connectivity index (χ3n) is 3.95. The van der Waals surface area contributed by atoms with Crippen LogP contribution in [0.1, 0.15) is 35.0 Å². The van der Waals surface area contributed by atoms with Gasteiger partial charge in [-0.2, -0.15) is 0 Å². The van der Waals surface area contributed by atoms with E-state index in [9.17, 15) is 17.6 Å². The molecule has 2 aromatic rings. The van der Waals surface area contributed by atoms with E-state index in [0.29, 0.717) is 18.7 Å². The van der Waals surface area contributed by atoms with Gasteiger partial charge in [-0.05, 0) is 37.1 Å². The summed E-state index contributed by atoms with van der Waals surface area (Å²) in [6.45, 7) is 0.404. The number of nitrogens with two attached hydrogens (primary N) is 1. The number of amides is 1. The van der Waals surface area contributed by atoms with E-state index in [2.05, 4.69) is 0 Å². The molecule has 1 aliphatic heterocycles. The highest BCUT2D eigenvalue weighted by Crippen LogP contribution is 2.34. The van der Waals surface area contributed by atoms with E-state index in [-0.39, 0.29) is 6.04 Å². The normalized spacial score (nSPS) is 18.1. The van der Waals surface area contributed by atoms with E-state index in [0.717, 1.165) is 18.6 Å².